The maximum atomic E-state index is 5.43. The minimum atomic E-state index is 0.841. The van der Waals surface area contributed by atoms with Crippen LogP contribution in [0.1, 0.15) is 25.5 Å². The van der Waals surface area contributed by atoms with Gasteiger partial charge < -0.3 is 9.73 Å². The molecule has 1 rings (SSSR count). The Morgan fingerprint density at radius 2 is 2.33 bits per heavy atom. The van der Waals surface area contributed by atoms with Gasteiger partial charge in [-0.05, 0) is 6.54 Å². The van der Waals surface area contributed by atoms with Crippen molar-refractivity contribution in [3.63, 3.8) is 0 Å². The lowest BCUT2D eigenvalue weighted by atomic mass is 10.4. The Morgan fingerprint density at radius 1 is 1.50 bits per heavy atom. The van der Waals surface area contributed by atoms with Crippen molar-refractivity contribution in [2.75, 3.05) is 13.1 Å². The summed E-state index contributed by atoms with van der Waals surface area (Å²) in [6.45, 7) is 6.10. The average Bonchev–Trinajstić information content (AvgIpc) is 2.53. The summed E-state index contributed by atoms with van der Waals surface area (Å²) in [7, 11) is 0. The molecule has 0 amide bonds. The van der Waals surface area contributed by atoms with Crippen molar-refractivity contribution in [3.8, 4) is 0 Å². The van der Waals surface area contributed by atoms with Crippen molar-refractivity contribution >= 4 is 0 Å². The second kappa shape index (κ2) is 4.93. The van der Waals surface area contributed by atoms with Crippen LogP contribution in [0.2, 0.25) is 0 Å². The van der Waals surface area contributed by atoms with E-state index in [1.807, 2.05) is 0 Å². The van der Waals surface area contributed by atoms with Gasteiger partial charge in [0.2, 0.25) is 0 Å². The molecular formula is C9H16N2O. The molecule has 0 aliphatic carbocycles. The smallest absolute Gasteiger partial charge is 0.195 e. The summed E-state index contributed by atoms with van der Waals surface area (Å²) in [5.41, 5.74) is 0. The molecule has 0 aliphatic rings. The van der Waals surface area contributed by atoms with E-state index in [0.717, 1.165) is 37.6 Å². The normalized spacial score (nSPS) is 10.5. The van der Waals surface area contributed by atoms with Crippen molar-refractivity contribution in [3.05, 3.63) is 17.8 Å². The van der Waals surface area contributed by atoms with E-state index < -0.39 is 0 Å². The number of aryl methyl sites for hydroxylation is 1. The van der Waals surface area contributed by atoms with Crippen molar-refractivity contribution in [1.82, 2.24) is 10.3 Å². The zero-order valence-corrected chi connectivity index (χ0v) is 7.76. The molecule has 0 radical (unpaired) electrons. The lowest BCUT2D eigenvalue weighted by Crippen LogP contribution is -2.16. The van der Waals surface area contributed by atoms with E-state index in [1.165, 1.54) is 0 Å². The van der Waals surface area contributed by atoms with Crippen LogP contribution < -0.4 is 5.32 Å². The summed E-state index contributed by atoms with van der Waals surface area (Å²) >= 11 is 0. The van der Waals surface area contributed by atoms with Gasteiger partial charge >= 0.3 is 0 Å². The second-order valence-corrected chi connectivity index (χ2v) is 2.68. The van der Waals surface area contributed by atoms with Gasteiger partial charge in [-0.15, -0.1) is 0 Å². The first-order valence-corrected chi connectivity index (χ1v) is 4.51. The van der Waals surface area contributed by atoms with Gasteiger partial charge in [-0.25, -0.2) is 4.98 Å². The lowest BCUT2D eigenvalue weighted by Gasteiger charge is -1.96. The van der Waals surface area contributed by atoms with E-state index in [1.54, 1.807) is 6.20 Å². The van der Waals surface area contributed by atoms with Crippen LogP contribution in [0.15, 0.2) is 10.6 Å². The summed E-state index contributed by atoms with van der Waals surface area (Å²) in [5.74, 6) is 1.81. The molecule has 0 spiro atoms. The first-order chi connectivity index (χ1) is 5.86. The topological polar surface area (TPSA) is 38.1 Å². The minimum Gasteiger partial charge on any atom is -0.446 e. The number of hydrogen-bond donors (Lipinski definition) is 1. The van der Waals surface area contributed by atoms with E-state index in [0.29, 0.717) is 0 Å². The van der Waals surface area contributed by atoms with Crippen LogP contribution in [-0.2, 0) is 12.8 Å². The van der Waals surface area contributed by atoms with Gasteiger partial charge in [0.1, 0.15) is 5.76 Å². The van der Waals surface area contributed by atoms with E-state index in [2.05, 4.69) is 24.1 Å². The van der Waals surface area contributed by atoms with E-state index >= 15 is 0 Å². The molecule has 0 unspecified atom stereocenters. The van der Waals surface area contributed by atoms with Crippen LogP contribution in [0.5, 0.6) is 0 Å². The molecule has 3 nitrogen and oxygen atoms in total. The van der Waals surface area contributed by atoms with Crippen LogP contribution in [0, 0.1) is 0 Å². The molecule has 0 atom stereocenters. The first kappa shape index (κ1) is 9.26. The minimum absolute atomic E-state index is 0.841. The Kier molecular flexibility index (Phi) is 3.80. The molecule has 12 heavy (non-hydrogen) atoms. The van der Waals surface area contributed by atoms with Crippen molar-refractivity contribution in [1.29, 1.82) is 0 Å². The Labute approximate surface area is 73.2 Å². The highest BCUT2D eigenvalue weighted by molar-refractivity contribution is 4.93. The Balaban J connectivity index is 2.31. The maximum Gasteiger partial charge on any atom is 0.195 e. The van der Waals surface area contributed by atoms with Gasteiger partial charge in [-0.3, -0.25) is 0 Å². The van der Waals surface area contributed by atoms with Crippen molar-refractivity contribution < 1.29 is 4.42 Å². The average molecular weight is 168 g/mol. The van der Waals surface area contributed by atoms with Gasteiger partial charge in [-0.2, -0.15) is 0 Å². The second-order valence-electron chi connectivity index (χ2n) is 2.68. The summed E-state index contributed by atoms with van der Waals surface area (Å²) < 4.78 is 5.43. The highest BCUT2D eigenvalue weighted by atomic mass is 16.4. The Hall–Kier alpha value is -0.830. The van der Waals surface area contributed by atoms with Gasteiger partial charge in [0.05, 0.1) is 6.20 Å². The molecular weight excluding hydrogens is 152 g/mol. The van der Waals surface area contributed by atoms with Crippen LogP contribution >= 0.6 is 0 Å². The number of aromatic nitrogens is 1. The van der Waals surface area contributed by atoms with Crippen LogP contribution in [0.25, 0.3) is 0 Å². The molecule has 1 N–H and O–H groups in total. The summed E-state index contributed by atoms with van der Waals surface area (Å²) in [4.78, 5) is 4.15. The third kappa shape index (κ3) is 2.66. The molecule has 0 bridgehead atoms. The van der Waals surface area contributed by atoms with Crippen LogP contribution in [0.3, 0.4) is 0 Å². The number of hydrogen-bond acceptors (Lipinski definition) is 3. The monoisotopic (exact) mass is 168 g/mol. The molecule has 1 heterocycles. The Bertz CT molecular complexity index is 220. The third-order valence-corrected chi connectivity index (χ3v) is 1.72. The fourth-order valence-electron chi connectivity index (χ4n) is 0.999. The standard InChI is InChI=1S/C9H16N2O/c1-3-8-7-11-9(12-8)5-6-10-4-2/h7,10H,3-6H2,1-2H3. The number of oxazole rings is 1. The predicted molar refractivity (Wildman–Crippen MR) is 48.1 cm³/mol. The molecule has 0 saturated carbocycles. The quantitative estimate of drug-likeness (QED) is 0.675. The molecule has 0 fully saturated rings. The predicted octanol–water partition coefficient (Wildman–Crippen LogP) is 1.39. The van der Waals surface area contributed by atoms with E-state index in [9.17, 15) is 0 Å². The van der Waals surface area contributed by atoms with Gasteiger partial charge in [0.15, 0.2) is 5.89 Å². The summed E-state index contributed by atoms with van der Waals surface area (Å²) in [5, 5.41) is 3.22. The first-order valence-electron chi connectivity index (χ1n) is 4.51. The summed E-state index contributed by atoms with van der Waals surface area (Å²) in [6, 6.07) is 0. The highest BCUT2D eigenvalue weighted by Gasteiger charge is 2.00. The lowest BCUT2D eigenvalue weighted by molar-refractivity contribution is 0.453. The van der Waals surface area contributed by atoms with Gasteiger partial charge in [0.25, 0.3) is 0 Å². The SMILES string of the molecule is CCNCCc1ncc(CC)o1. The van der Waals surface area contributed by atoms with Gasteiger partial charge in [0, 0.05) is 19.4 Å². The summed E-state index contributed by atoms with van der Waals surface area (Å²) in [6.07, 6.45) is 3.61. The molecule has 1 aromatic heterocycles. The molecule has 1 aromatic rings. The van der Waals surface area contributed by atoms with E-state index in [4.69, 9.17) is 4.42 Å². The Morgan fingerprint density at radius 3 is 2.92 bits per heavy atom. The van der Waals surface area contributed by atoms with Crippen LogP contribution in [0.4, 0.5) is 0 Å². The molecule has 0 aliphatic heterocycles. The molecule has 0 saturated heterocycles. The zero-order valence-electron chi connectivity index (χ0n) is 7.76. The van der Waals surface area contributed by atoms with Crippen LogP contribution in [-0.4, -0.2) is 18.1 Å². The van der Waals surface area contributed by atoms with Crippen molar-refractivity contribution in [2.45, 2.75) is 26.7 Å². The zero-order chi connectivity index (χ0) is 8.81. The molecule has 3 heteroatoms. The maximum absolute atomic E-state index is 5.43. The molecule has 0 aromatic carbocycles. The van der Waals surface area contributed by atoms with Gasteiger partial charge in [-0.1, -0.05) is 13.8 Å². The number of nitrogens with zero attached hydrogens (tertiary/aromatic N) is 1. The fraction of sp³-hybridized carbons (Fsp3) is 0.667. The highest BCUT2D eigenvalue weighted by Crippen LogP contribution is 2.03. The molecule has 68 valence electrons. The number of likely N-dealkylation sites (N-methyl/N-ethyl adjacent to an activating group) is 1. The van der Waals surface area contributed by atoms with Crippen molar-refractivity contribution in [2.24, 2.45) is 0 Å². The van der Waals surface area contributed by atoms with E-state index in [-0.39, 0.29) is 0 Å². The number of nitrogens with one attached hydrogen (secondary N) is 1. The largest absolute Gasteiger partial charge is 0.446 e. The number of rotatable bonds is 5. The fourth-order valence-corrected chi connectivity index (χ4v) is 0.999. The third-order valence-electron chi connectivity index (χ3n) is 1.72.